The average Bonchev–Trinajstić information content (AvgIpc) is 2.83. The zero-order valence-corrected chi connectivity index (χ0v) is 18.0. The Hall–Kier alpha value is -5.18. The van der Waals surface area contributed by atoms with Crippen LogP contribution in [0.1, 0.15) is 31.8 Å². The van der Waals surface area contributed by atoms with E-state index in [0.717, 1.165) is 18.2 Å². The van der Waals surface area contributed by atoms with E-state index in [1.807, 2.05) is 0 Å². The van der Waals surface area contributed by atoms with Crippen molar-refractivity contribution in [2.75, 3.05) is 0 Å². The first-order chi connectivity index (χ1) is 16.6. The average molecular weight is 476 g/mol. The molecular formula is C26H20O9. The zero-order chi connectivity index (χ0) is 25.7. The molecule has 0 bridgehead atoms. The van der Waals surface area contributed by atoms with Crippen LogP contribution in [0.15, 0.2) is 78.9 Å². The molecule has 0 heterocycles. The summed E-state index contributed by atoms with van der Waals surface area (Å²) in [7, 11) is 0. The van der Waals surface area contributed by atoms with E-state index in [-0.39, 0.29) is 28.2 Å². The second kappa shape index (κ2) is 10.2. The van der Waals surface area contributed by atoms with Gasteiger partial charge in [0.15, 0.2) is 17.3 Å². The number of hydrogen-bond acceptors (Lipinski definition) is 9. The maximum absolute atomic E-state index is 12.0. The molecule has 4 aromatic carbocycles. The summed E-state index contributed by atoms with van der Waals surface area (Å²) in [6, 6.07) is 18.1. The molecule has 0 radical (unpaired) electrons. The standard InChI is InChI=1S/C13H10O5.C13H10O4/c14-8-3-1-7(2-4-8)11(16)9-5-6-10(15)13(18)12(9)17;14-9-6-10(15)12(11(16)7-9)13(17)8-4-2-1-3-5-8/h1-6,14-15,17-18H;1-7,14-16H. The third-order valence-corrected chi connectivity index (χ3v) is 4.85. The van der Waals surface area contributed by atoms with Crippen molar-refractivity contribution in [2.45, 2.75) is 0 Å². The number of hydrogen-bond donors (Lipinski definition) is 7. The summed E-state index contributed by atoms with van der Waals surface area (Å²) in [5, 5.41) is 65.5. The third-order valence-electron chi connectivity index (χ3n) is 4.85. The van der Waals surface area contributed by atoms with E-state index in [4.69, 9.17) is 15.3 Å². The molecule has 0 saturated heterocycles. The van der Waals surface area contributed by atoms with Crippen LogP contribution < -0.4 is 0 Å². The first-order valence-corrected chi connectivity index (χ1v) is 10.0. The Morgan fingerprint density at radius 3 is 1.60 bits per heavy atom. The summed E-state index contributed by atoms with van der Waals surface area (Å²) in [6.45, 7) is 0. The number of benzene rings is 4. The molecule has 0 unspecified atom stereocenters. The Morgan fingerprint density at radius 2 is 1.03 bits per heavy atom. The number of ketones is 2. The molecule has 0 aliphatic rings. The van der Waals surface area contributed by atoms with Crippen molar-refractivity contribution in [2.24, 2.45) is 0 Å². The van der Waals surface area contributed by atoms with E-state index in [1.54, 1.807) is 30.3 Å². The van der Waals surface area contributed by atoms with E-state index >= 15 is 0 Å². The molecule has 7 N–H and O–H groups in total. The number of rotatable bonds is 4. The minimum Gasteiger partial charge on any atom is -0.508 e. The highest BCUT2D eigenvalue weighted by Gasteiger charge is 2.19. The Bertz CT molecular complexity index is 1360. The van der Waals surface area contributed by atoms with Crippen molar-refractivity contribution in [3.63, 3.8) is 0 Å². The van der Waals surface area contributed by atoms with E-state index < -0.39 is 40.3 Å². The van der Waals surface area contributed by atoms with Gasteiger partial charge in [-0.15, -0.1) is 0 Å². The summed E-state index contributed by atoms with van der Waals surface area (Å²) in [5.74, 6) is -4.12. The molecule has 0 atom stereocenters. The first-order valence-electron chi connectivity index (χ1n) is 10.0. The number of phenols is 7. The molecule has 35 heavy (non-hydrogen) atoms. The second-order valence-electron chi connectivity index (χ2n) is 7.26. The summed E-state index contributed by atoms with van der Waals surface area (Å²) in [6.07, 6.45) is 0. The van der Waals surface area contributed by atoms with Gasteiger partial charge in [0.25, 0.3) is 0 Å². The van der Waals surface area contributed by atoms with Gasteiger partial charge in [-0.2, -0.15) is 0 Å². The molecule has 0 aliphatic carbocycles. The van der Waals surface area contributed by atoms with Gasteiger partial charge in [0, 0.05) is 23.3 Å². The highest BCUT2D eigenvalue weighted by atomic mass is 16.3. The predicted octanol–water partition coefficient (Wildman–Crippen LogP) is 3.77. The fourth-order valence-electron chi connectivity index (χ4n) is 3.08. The quantitative estimate of drug-likeness (QED) is 0.171. The van der Waals surface area contributed by atoms with Gasteiger partial charge in [0.05, 0.1) is 5.56 Å². The lowest BCUT2D eigenvalue weighted by Gasteiger charge is -2.07. The fraction of sp³-hybridized carbons (Fsp3) is 0. The lowest BCUT2D eigenvalue weighted by atomic mass is 10.0. The normalized spacial score (nSPS) is 10.2. The Balaban J connectivity index is 0.000000196. The van der Waals surface area contributed by atoms with Crippen LogP contribution >= 0.6 is 0 Å². The van der Waals surface area contributed by atoms with Crippen LogP contribution in [0.4, 0.5) is 0 Å². The Labute approximate surface area is 198 Å². The van der Waals surface area contributed by atoms with Crippen molar-refractivity contribution in [1.29, 1.82) is 0 Å². The van der Waals surface area contributed by atoms with Crippen LogP contribution in [0.5, 0.6) is 40.2 Å². The van der Waals surface area contributed by atoms with Crippen LogP contribution in [0.3, 0.4) is 0 Å². The molecule has 0 aromatic heterocycles. The van der Waals surface area contributed by atoms with Crippen molar-refractivity contribution in [3.8, 4) is 40.2 Å². The summed E-state index contributed by atoms with van der Waals surface area (Å²) < 4.78 is 0. The van der Waals surface area contributed by atoms with Crippen molar-refractivity contribution < 1.29 is 45.3 Å². The van der Waals surface area contributed by atoms with E-state index in [1.165, 1.54) is 30.3 Å². The maximum atomic E-state index is 12.0. The number of carbonyl (C=O) groups is 2. The molecule has 0 saturated carbocycles. The van der Waals surface area contributed by atoms with Crippen molar-refractivity contribution in [3.05, 3.63) is 101 Å². The van der Waals surface area contributed by atoms with Gasteiger partial charge in [-0.3, -0.25) is 9.59 Å². The van der Waals surface area contributed by atoms with Gasteiger partial charge in [-0.05, 0) is 36.4 Å². The van der Waals surface area contributed by atoms with Gasteiger partial charge >= 0.3 is 0 Å². The van der Waals surface area contributed by atoms with E-state index in [2.05, 4.69) is 0 Å². The van der Waals surface area contributed by atoms with Crippen LogP contribution in [0, 0.1) is 0 Å². The topological polar surface area (TPSA) is 176 Å². The van der Waals surface area contributed by atoms with Crippen LogP contribution in [-0.2, 0) is 0 Å². The minimum absolute atomic E-state index is 0.0179. The highest BCUT2D eigenvalue weighted by molar-refractivity contribution is 6.12. The highest BCUT2D eigenvalue weighted by Crippen LogP contribution is 2.38. The van der Waals surface area contributed by atoms with Crippen LogP contribution in [0.25, 0.3) is 0 Å². The van der Waals surface area contributed by atoms with Gasteiger partial charge < -0.3 is 35.7 Å². The maximum Gasteiger partial charge on any atom is 0.201 e. The van der Waals surface area contributed by atoms with Crippen molar-refractivity contribution in [1.82, 2.24) is 0 Å². The number of carbonyl (C=O) groups excluding carboxylic acids is 2. The molecule has 9 heteroatoms. The molecule has 9 nitrogen and oxygen atoms in total. The molecule has 0 amide bonds. The molecular weight excluding hydrogens is 456 g/mol. The summed E-state index contributed by atoms with van der Waals surface area (Å²) in [5.41, 5.74) is 0.252. The summed E-state index contributed by atoms with van der Waals surface area (Å²) in [4.78, 5) is 24.0. The van der Waals surface area contributed by atoms with Gasteiger partial charge in [-0.25, -0.2) is 0 Å². The smallest absolute Gasteiger partial charge is 0.201 e. The van der Waals surface area contributed by atoms with Crippen molar-refractivity contribution >= 4 is 11.6 Å². The second-order valence-corrected chi connectivity index (χ2v) is 7.26. The monoisotopic (exact) mass is 476 g/mol. The molecule has 4 rings (SSSR count). The lowest BCUT2D eigenvalue weighted by Crippen LogP contribution is -2.01. The Morgan fingerprint density at radius 1 is 0.486 bits per heavy atom. The molecule has 0 aliphatic heterocycles. The predicted molar refractivity (Wildman–Crippen MR) is 124 cm³/mol. The Kier molecular flexibility index (Phi) is 7.11. The van der Waals surface area contributed by atoms with Crippen LogP contribution in [-0.4, -0.2) is 47.3 Å². The molecule has 0 fully saturated rings. The molecule has 178 valence electrons. The van der Waals surface area contributed by atoms with Crippen LogP contribution in [0.2, 0.25) is 0 Å². The van der Waals surface area contributed by atoms with E-state index in [0.29, 0.717) is 5.56 Å². The first kappa shape index (κ1) is 24.5. The van der Waals surface area contributed by atoms with E-state index in [9.17, 15) is 30.0 Å². The fourth-order valence-corrected chi connectivity index (χ4v) is 3.08. The van der Waals surface area contributed by atoms with Gasteiger partial charge in [-0.1, -0.05) is 30.3 Å². The lowest BCUT2D eigenvalue weighted by molar-refractivity contribution is 0.102. The summed E-state index contributed by atoms with van der Waals surface area (Å²) >= 11 is 0. The molecule has 4 aromatic rings. The van der Waals surface area contributed by atoms with Gasteiger partial charge in [0.1, 0.15) is 28.6 Å². The minimum atomic E-state index is -0.736. The third kappa shape index (κ3) is 5.42. The number of phenolic OH excluding ortho intramolecular Hbond substituents is 7. The largest absolute Gasteiger partial charge is 0.508 e. The number of aromatic hydroxyl groups is 7. The SMILES string of the molecule is O=C(c1ccc(O)cc1)c1ccc(O)c(O)c1O.O=C(c1ccccc1)c1c(O)cc(O)cc1O. The zero-order valence-electron chi connectivity index (χ0n) is 18.0. The van der Waals surface area contributed by atoms with Gasteiger partial charge in [0.2, 0.25) is 11.5 Å². The molecule has 0 spiro atoms.